The number of alkyl halides is 4. The molecule has 0 heterocycles. The molecule has 0 aliphatic rings. The Labute approximate surface area is 116 Å². The van der Waals surface area contributed by atoms with Crippen LogP contribution in [-0.2, 0) is 10.6 Å². The smallest absolute Gasteiger partial charge is 0.411 e. The Bertz CT molecular complexity index is 385. The van der Waals surface area contributed by atoms with Gasteiger partial charge >= 0.3 is 6.18 Å². The van der Waals surface area contributed by atoms with Gasteiger partial charge in [0, 0.05) is 5.88 Å². The van der Waals surface area contributed by atoms with Gasteiger partial charge in [-0.1, -0.05) is 6.07 Å². The van der Waals surface area contributed by atoms with Crippen LogP contribution in [0.25, 0.3) is 0 Å². The molecule has 0 aliphatic heterocycles. The Morgan fingerprint density at radius 3 is 2.50 bits per heavy atom. The molecule has 1 aromatic carbocycles. The van der Waals surface area contributed by atoms with E-state index in [0.717, 1.165) is 5.56 Å². The SMILES string of the molecule is FC(F)(F)COCCOc1ccc(CCl)cc1Br. The Morgan fingerprint density at radius 1 is 1.22 bits per heavy atom. The van der Waals surface area contributed by atoms with Crippen LogP contribution in [0, 0.1) is 0 Å². The molecule has 0 radical (unpaired) electrons. The topological polar surface area (TPSA) is 18.5 Å². The summed E-state index contributed by atoms with van der Waals surface area (Å²) in [6.45, 7) is -1.33. The van der Waals surface area contributed by atoms with Crippen LogP contribution in [0.3, 0.4) is 0 Å². The van der Waals surface area contributed by atoms with Crippen molar-refractivity contribution in [2.45, 2.75) is 12.1 Å². The molecule has 2 nitrogen and oxygen atoms in total. The van der Waals surface area contributed by atoms with Gasteiger partial charge in [0.05, 0.1) is 11.1 Å². The first-order valence-corrected chi connectivity index (χ1v) is 6.37. The first-order valence-electron chi connectivity index (χ1n) is 5.04. The second kappa shape index (κ2) is 7.21. The van der Waals surface area contributed by atoms with Crippen molar-refractivity contribution in [2.75, 3.05) is 19.8 Å². The summed E-state index contributed by atoms with van der Waals surface area (Å²) in [5.41, 5.74) is 0.921. The molecule has 0 aliphatic carbocycles. The first kappa shape index (κ1) is 15.6. The summed E-state index contributed by atoms with van der Waals surface area (Å²) in [6, 6.07) is 5.27. The highest BCUT2D eigenvalue weighted by Crippen LogP contribution is 2.26. The molecule has 0 aromatic heterocycles. The predicted octanol–water partition coefficient (Wildman–Crippen LogP) is 4.15. The zero-order valence-electron chi connectivity index (χ0n) is 9.27. The highest BCUT2D eigenvalue weighted by atomic mass is 79.9. The van der Waals surface area contributed by atoms with E-state index in [4.69, 9.17) is 16.3 Å². The third kappa shape index (κ3) is 5.93. The highest BCUT2D eigenvalue weighted by molar-refractivity contribution is 9.10. The maximum absolute atomic E-state index is 11.8. The average molecular weight is 348 g/mol. The van der Waals surface area contributed by atoms with Gasteiger partial charge < -0.3 is 9.47 Å². The summed E-state index contributed by atoms with van der Waals surface area (Å²) >= 11 is 8.94. The van der Waals surface area contributed by atoms with Crippen molar-refractivity contribution < 1.29 is 22.6 Å². The normalized spacial score (nSPS) is 11.6. The van der Waals surface area contributed by atoms with Gasteiger partial charge in [-0.25, -0.2) is 0 Å². The largest absolute Gasteiger partial charge is 0.490 e. The monoisotopic (exact) mass is 346 g/mol. The van der Waals surface area contributed by atoms with Gasteiger partial charge in [-0.2, -0.15) is 13.2 Å². The molecule has 102 valence electrons. The molecule has 1 aromatic rings. The predicted molar refractivity (Wildman–Crippen MR) is 66.1 cm³/mol. The molecule has 0 amide bonds. The summed E-state index contributed by atoms with van der Waals surface area (Å²) in [7, 11) is 0. The van der Waals surface area contributed by atoms with E-state index in [2.05, 4.69) is 20.7 Å². The Morgan fingerprint density at radius 2 is 1.94 bits per heavy atom. The molecular weight excluding hydrogens is 336 g/mol. The van der Waals surface area contributed by atoms with Gasteiger partial charge in [0.1, 0.15) is 19.0 Å². The lowest BCUT2D eigenvalue weighted by Gasteiger charge is -2.10. The third-order valence-electron chi connectivity index (χ3n) is 1.90. The highest BCUT2D eigenvalue weighted by Gasteiger charge is 2.27. The number of halogens is 5. The van der Waals surface area contributed by atoms with E-state index in [9.17, 15) is 13.2 Å². The lowest BCUT2D eigenvalue weighted by Crippen LogP contribution is -2.19. The Hall–Kier alpha value is -0.460. The van der Waals surface area contributed by atoms with Crippen LogP contribution in [0.2, 0.25) is 0 Å². The van der Waals surface area contributed by atoms with Gasteiger partial charge in [-0.05, 0) is 33.6 Å². The zero-order valence-corrected chi connectivity index (χ0v) is 11.6. The molecule has 0 saturated carbocycles. The van der Waals surface area contributed by atoms with E-state index in [0.29, 0.717) is 16.1 Å². The van der Waals surface area contributed by atoms with Crippen molar-refractivity contribution in [1.29, 1.82) is 0 Å². The van der Waals surface area contributed by atoms with Crippen LogP contribution in [0.1, 0.15) is 5.56 Å². The van der Waals surface area contributed by atoms with Crippen molar-refractivity contribution in [2.24, 2.45) is 0 Å². The fourth-order valence-electron chi connectivity index (χ4n) is 1.14. The van der Waals surface area contributed by atoms with Crippen molar-refractivity contribution in [3.63, 3.8) is 0 Å². The van der Waals surface area contributed by atoms with E-state index in [1.165, 1.54) is 0 Å². The van der Waals surface area contributed by atoms with E-state index in [1.807, 2.05) is 0 Å². The molecular formula is C11H11BrClF3O2. The van der Waals surface area contributed by atoms with E-state index in [-0.39, 0.29) is 13.2 Å². The van der Waals surface area contributed by atoms with Crippen LogP contribution >= 0.6 is 27.5 Å². The number of hydrogen-bond donors (Lipinski definition) is 0. The number of rotatable bonds is 6. The maximum atomic E-state index is 11.8. The summed E-state index contributed by atoms with van der Waals surface area (Å²) in [5.74, 6) is 0.924. The third-order valence-corrected chi connectivity index (χ3v) is 2.83. The Balaban J connectivity index is 2.31. The van der Waals surface area contributed by atoms with E-state index in [1.54, 1.807) is 18.2 Å². The molecule has 0 fully saturated rings. The molecule has 7 heteroatoms. The van der Waals surface area contributed by atoms with Gasteiger partial charge in [0.2, 0.25) is 0 Å². The molecule has 0 N–H and O–H groups in total. The molecule has 1 rings (SSSR count). The minimum absolute atomic E-state index is 0.0505. The average Bonchev–Trinajstić information content (AvgIpc) is 2.29. The molecule has 18 heavy (non-hydrogen) atoms. The molecule has 0 spiro atoms. The van der Waals surface area contributed by atoms with Gasteiger partial charge in [-0.3, -0.25) is 0 Å². The van der Waals surface area contributed by atoms with Crippen LogP contribution in [0.5, 0.6) is 5.75 Å². The van der Waals surface area contributed by atoms with Crippen LogP contribution < -0.4 is 4.74 Å². The number of hydrogen-bond acceptors (Lipinski definition) is 2. The second-order valence-electron chi connectivity index (χ2n) is 3.41. The van der Waals surface area contributed by atoms with Crippen LogP contribution in [-0.4, -0.2) is 26.0 Å². The van der Waals surface area contributed by atoms with Crippen molar-refractivity contribution in [1.82, 2.24) is 0 Å². The standard InChI is InChI=1S/C11H11BrClF3O2/c12-9-5-8(6-13)1-2-10(9)18-4-3-17-7-11(14,15)16/h1-2,5H,3-4,6-7H2. The lowest BCUT2D eigenvalue weighted by molar-refractivity contribution is -0.175. The molecule has 0 atom stereocenters. The van der Waals surface area contributed by atoms with Crippen molar-refractivity contribution in [3.05, 3.63) is 28.2 Å². The fourth-order valence-corrected chi connectivity index (χ4v) is 1.85. The van der Waals surface area contributed by atoms with Crippen LogP contribution in [0.4, 0.5) is 13.2 Å². The minimum atomic E-state index is -4.30. The van der Waals surface area contributed by atoms with E-state index >= 15 is 0 Å². The molecule has 0 bridgehead atoms. The number of ether oxygens (including phenoxy) is 2. The fraction of sp³-hybridized carbons (Fsp3) is 0.455. The second-order valence-corrected chi connectivity index (χ2v) is 4.54. The molecule has 0 unspecified atom stereocenters. The molecule has 0 saturated heterocycles. The summed E-state index contributed by atoms with van der Waals surface area (Å²) < 4.78 is 45.7. The van der Waals surface area contributed by atoms with Crippen molar-refractivity contribution in [3.8, 4) is 5.75 Å². The van der Waals surface area contributed by atoms with Gasteiger partial charge in [0.15, 0.2) is 0 Å². The Kier molecular flexibility index (Phi) is 6.25. The summed E-state index contributed by atoms with van der Waals surface area (Å²) in [4.78, 5) is 0. The number of benzene rings is 1. The lowest BCUT2D eigenvalue weighted by atomic mass is 10.2. The summed E-state index contributed by atoms with van der Waals surface area (Å²) in [6.07, 6.45) is -4.30. The minimum Gasteiger partial charge on any atom is -0.490 e. The summed E-state index contributed by atoms with van der Waals surface area (Å²) in [5, 5.41) is 0. The van der Waals surface area contributed by atoms with Gasteiger partial charge in [0.25, 0.3) is 0 Å². The first-order chi connectivity index (χ1) is 8.42. The van der Waals surface area contributed by atoms with Crippen molar-refractivity contribution >= 4 is 27.5 Å². The van der Waals surface area contributed by atoms with E-state index < -0.39 is 12.8 Å². The maximum Gasteiger partial charge on any atom is 0.411 e. The van der Waals surface area contributed by atoms with Gasteiger partial charge in [-0.15, -0.1) is 11.6 Å². The van der Waals surface area contributed by atoms with Crippen LogP contribution in [0.15, 0.2) is 22.7 Å². The quantitative estimate of drug-likeness (QED) is 0.569. The zero-order chi connectivity index (χ0) is 13.6.